The number of amides is 1. The zero-order chi connectivity index (χ0) is 30.5. The number of likely N-dealkylation sites (tertiary alicyclic amines) is 1. The van der Waals surface area contributed by atoms with E-state index in [1.54, 1.807) is 19.6 Å². The Labute approximate surface area is 257 Å². The van der Waals surface area contributed by atoms with Crippen molar-refractivity contribution in [2.24, 2.45) is 0 Å². The number of anilines is 4. The number of likely N-dealkylation sites (N-methyl/N-ethyl adjacent to an activating group) is 1. The number of piperidine rings is 1. The monoisotopic (exact) mass is 594 g/mol. The summed E-state index contributed by atoms with van der Waals surface area (Å²) in [5.41, 5.74) is 2.50. The molecule has 2 fully saturated rings. The molecule has 0 bridgehead atoms. The van der Waals surface area contributed by atoms with Crippen LogP contribution in [0.25, 0.3) is 10.9 Å². The van der Waals surface area contributed by atoms with Gasteiger partial charge in [0.2, 0.25) is 5.91 Å². The van der Waals surface area contributed by atoms with Crippen molar-refractivity contribution in [3.05, 3.63) is 73.7 Å². The van der Waals surface area contributed by atoms with E-state index >= 15 is 0 Å². The molecule has 6 rings (SSSR count). The van der Waals surface area contributed by atoms with Crippen molar-refractivity contribution in [1.82, 2.24) is 24.8 Å². The number of nitrogens with zero attached hydrogens (tertiary/aromatic N) is 6. The smallest absolute Gasteiger partial charge is 0.245 e. The van der Waals surface area contributed by atoms with E-state index in [4.69, 9.17) is 9.47 Å². The lowest BCUT2D eigenvalue weighted by Gasteiger charge is -2.33. The summed E-state index contributed by atoms with van der Waals surface area (Å²) in [6.07, 6.45) is 6.39. The van der Waals surface area contributed by atoms with Crippen molar-refractivity contribution in [3.63, 3.8) is 0 Å². The van der Waals surface area contributed by atoms with E-state index in [-0.39, 0.29) is 11.9 Å². The number of ether oxygens (including phenoxy) is 2. The van der Waals surface area contributed by atoms with Crippen LogP contribution in [0.4, 0.5) is 23.0 Å². The lowest BCUT2D eigenvalue weighted by molar-refractivity contribution is -0.126. The third-order valence-electron chi connectivity index (χ3n) is 8.19. The van der Waals surface area contributed by atoms with Gasteiger partial charge in [-0.15, -0.1) is 0 Å². The van der Waals surface area contributed by atoms with Gasteiger partial charge in [-0.1, -0.05) is 6.58 Å². The van der Waals surface area contributed by atoms with Crippen molar-refractivity contribution in [2.45, 2.75) is 18.9 Å². The van der Waals surface area contributed by atoms with Gasteiger partial charge in [0.25, 0.3) is 0 Å². The van der Waals surface area contributed by atoms with E-state index in [0.717, 1.165) is 78.6 Å². The number of carbonyl (C=O) groups is 1. The van der Waals surface area contributed by atoms with Gasteiger partial charge in [0.15, 0.2) is 0 Å². The molecule has 44 heavy (non-hydrogen) atoms. The van der Waals surface area contributed by atoms with E-state index in [0.29, 0.717) is 24.7 Å². The predicted octanol–water partition coefficient (Wildman–Crippen LogP) is 4.91. The third-order valence-corrected chi connectivity index (χ3v) is 8.19. The molecular weight excluding hydrogens is 556 g/mol. The Morgan fingerprint density at radius 3 is 2.45 bits per heavy atom. The summed E-state index contributed by atoms with van der Waals surface area (Å²) in [7, 11) is 3.80. The van der Waals surface area contributed by atoms with Gasteiger partial charge in [-0.05, 0) is 62.4 Å². The minimum Gasteiger partial charge on any atom is -0.495 e. The van der Waals surface area contributed by atoms with Gasteiger partial charge in [-0.3, -0.25) is 4.79 Å². The van der Waals surface area contributed by atoms with Crippen LogP contribution < -0.4 is 25.0 Å². The number of pyridine rings is 1. The fourth-order valence-corrected chi connectivity index (χ4v) is 5.61. The maximum Gasteiger partial charge on any atom is 0.245 e. The minimum absolute atomic E-state index is 0.0214. The number of hydrogen-bond acceptors (Lipinski definition) is 10. The van der Waals surface area contributed by atoms with Gasteiger partial charge < -0.3 is 34.8 Å². The maximum absolute atomic E-state index is 12.0. The molecule has 0 spiro atoms. The van der Waals surface area contributed by atoms with Crippen LogP contribution in [0.1, 0.15) is 12.8 Å². The number of benzene rings is 2. The van der Waals surface area contributed by atoms with E-state index in [2.05, 4.69) is 49.0 Å². The Hall–Kier alpha value is -4.90. The topological polar surface area (TPSA) is 108 Å². The molecule has 2 aromatic carbocycles. The number of piperazine rings is 1. The first kappa shape index (κ1) is 29.2. The highest BCUT2D eigenvalue weighted by Gasteiger charge is 2.23. The molecule has 2 aliphatic heterocycles. The van der Waals surface area contributed by atoms with Crippen LogP contribution in [-0.4, -0.2) is 90.1 Å². The molecular formula is C33H38N8O3. The summed E-state index contributed by atoms with van der Waals surface area (Å²) in [6.45, 7) is 8.92. The highest BCUT2D eigenvalue weighted by atomic mass is 16.5. The highest BCUT2D eigenvalue weighted by molar-refractivity contribution is 5.95. The maximum atomic E-state index is 12.0. The number of fused-ring (bicyclic) bond motifs is 1. The summed E-state index contributed by atoms with van der Waals surface area (Å²) in [5.74, 6) is 3.79. The van der Waals surface area contributed by atoms with Crippen molar-refractivity contribution >= 4 is 39.8 Å². The predicted molar refractivity (Wildman–Crippen MR) is 173 cm³/mol. The fourth-order valence-electron chi connectivity index (χ4n) is 5.61. The van der Waals surface area contributed by atoms with Gasteiger partial charge in [0, 0.05) is 74.7 Å². The van der Waals surface area contributed by atoms with Crippen molar-refractivity contribution in [3.8, 4) is 17.2 Å². The number of aromatic nitrogens is 3. The number of nitrogens with one attached hydrogen (secondary N) is 2. The van der Waals surface area contributed by atoms with Gasteiger partial charge in [0.1, 0.15) is 35.2 Å². The van der Waals surface area contributed by atoms with Crippen molar-refractivity contribution < 1.29 is 14.3 Å². The molecule has 11 nitrogen and oxygen atoms in total. The molecule has 228 valence electrons. The van der Waals surface area contributed by atoms with E-state index in [1.807, 2.05) is 53.4 Å². The molecule has 0 aliphatic carbocycles. The summed E-state index contributed by atoms with van der Waals surface area (Å²) in [6, 6.07) is 15.8. The summed E-state index contributed by atoms with van der Waals surface area (Å²) >= 11 is 0. The van der Waals surface area contributed by atoms with Crippen LogP contribution in [-0.2, 0) is 4.79 Å². The van der Waals surface area contributed by atoms with Gasteiger partial charge >= 0.3 is 0 Å². The van der Waals surface area contributed by atoms with Gasteiger partial charge in [0.05, 0.1) is 18.3 Å². The van der Waals surface area contributed by atoms with Crippen molar-refractivity contribution in [1.29, 1.82) is 0 Å². The molecule has 1 amide bonds. The Balaban J connectivity index is 1.14. The van der Waals surface area contributed by atoms with Crippen LogP contribution in [0.2, 0.25) is 0 Å². The van der Waals surface area contributed by atoms with Crippen LogP contribution in [0.5, 0.6) is 17.2 Å². The second kappa shape index (κ2) is 13.2. The molecule has 4 heterocycles. The molecule has 11 heteroatoms. The number of rotatable bonds is 9. The van der Waals surface area contributed by atoms with E-state index in [9.17, 15) is 4.79 Å². The van der Waals surface area contributed by atoms with Crippen LogP contribution in [0.3, 0.4) is 0 Å². The second-order valence-corrected chi connectivity index (χ2v) is 11.1. The average Bonchev–Trinajstić information content (AvgIpc) is 3.06. The zero-order valence-corrected chi connectivity index (χ0v) is 25.2. The largest absolute Gasteiger partial charge is 0.495 e. The summed E-state index contributed by atoms with van der Waals surface area (Å²) in [4.78, 5) is 32.0. The molecule has 0 saturated carbocycles. The summed E-state index contributed by atoms with van der Waals surface area (Å²) in [5, 5.41) is 7.92. The molecule has 0 unspecified atom stereocenters. The molecule has 0 atom stereocenters. The average molecular weight is 595 g/mol. The van der Waals surface area contributed by atoms with Crippen molar-refractivity contribution in [2.75, 3.05) is 69.0 Å². The molecule has 2 aromatic heterocycles. The standard InChI is InChI=1S/C33H38N8O3/c1-4-32(42)41-13-10-24(11-14-41)37-29-20-27-28(21-30(29)43-3)35-22-36-33(27)38-23-5-7-25(8-6-23)44-26-9-12-34-31(19-26)40-17-15-39(2)16-18-40/h4-9,12,19-22,24,37H,1,10-11,13-18H2,2-3H3,(H,35,36,38). The number of hydrogen-bond donors (Lipinski definition) is 2. The Morgan fingerprint density at radius 1 is 0.955 bits per heavy atom. The first-order valence-electron chi connectivity index (χ1n) is 14.9. The van der Waals surface area contributed by atoms with E-state index < -0.39 is 0 Å². The molecule has 2 aliphatic rings. The van der Waals surface area contributed by atoms with Crippen LogP contribution in [0, 0.1) is 0 Å². The summed E-state index contributed by atoms with van der Waals surface area (Å²) < 4.78 is 11.9. The lowest BCUT2D eigenvalue weighted by Crippen LogP contribution is -2.44. The normalized spacial score (nSPS) is 16.0. The minimum atomic E-state index is -0.0214. The van der Waals surface area contributed by atoms with Gasteiger partial charge in [-0.25, -0.2) is 15.0 Å². The number of methoxy groups -OCH3 is 1. The molecule has 2 N–H and O–H groups in total. The van der Waals surface area contributed by atoms with Gasteiger partial charge in [-0.2, -0.15) is 0 Å². The quantitative estimate of drug-likeness (QED) is 0.260. The lowest BCUT2D eigenvalue weighted by atomic mass is 10.0. The SMILES string of the molecule is C=CC(=O)N1CCC(Nc2cc3c(Nc4ccc(Oc5ccnc(N6CCN(C)CC6)c5)cc4)ncnc3cc2OC)CC1. The highest BCUT2D eigenvalue weighted by Crippen LogP contribution is 2.35. The second-order valence-electron chi connectivity index (χ2n) is 11.1. The Bertz CT molecular complexity index is 1610. The third kappa shape index (κ3) is 6.68. The Morgan fingerprint density at radius 2 is 1.73 bits per heavy atom. The van der Waals surface area contributed by atoms with E-state index in [1.165, 1.54) is 6.08 Å². The van der Waals surface area contributed by atoms with Crippen LogP contribution >= 0.6 is 0 Å². The molecule has 0 radical (unpaired) electrons. The first-order valence-corrected chi connectivity index (χ1v) is 14.9. The molecule has 2 saturated heterocycles. The van der Waals surface area contributed by atoms with Crippen LogP contribution in [0.15, 0.2) is 73.7 Å². The Kier molecular flexibility index (Phi) is 8.74. The number of carbonyl (C=O) groups excluding carboxylic acids is 1. The molecule has 4 aromatic rings. The first-order chi connectivity index (χ1) is 21.5. The zero-order valence-electron chi connectivity index (χ0n) is 25.2. The fraction of sp³-hybridized carbons (Fsp3) is 0.333.